The van der Waals surface area contributed by atoms with E-state index in [1.165, 1.54) is 11.3 Å². The Bertz CT molecular complexity index is 577. The zero-order chi connectivity index (χ0) is 12.8. The van der Waals surface area contributed by atoms with Crippen LogP contribution in [0, 0.1) is 0 Å². The Balaban J connectivity index is 2.33. The number of allylic oxidation sites excluding steroid dienone is 6. The summed E-state index contributed by atoms with van der Waals surface area (Å²) < 4.78 is 0. The predicted octanol–water partition coefficient (Wildman–Crippen LogP) is 2.86. The highest BCUT2D eigenvalue weighted by molar-refractivity contribution is 7.13. The van der Waals surface area contributed by atoms with Crippen molar-refractivity contribution < 1.29 is 0 Å². The molecule has 18 heavy (non-hydrogen) atoms. The van der Waals surface area contributed by atoms with Crippen LogP contribution in [0.4, 0.5) is 0 Å². The van der Waals surface area contributed by atoms with Gasteiger partial charge in [0, 0.05) is 11.0 Å². The molecule has 0 aromatic carbocycles. The maximum atomic E-state index is 4.50. The van der Waals surface area contributed by atoms with Gasteiger partial charge in [-0.1, -0.05) is 30.4 Å². The number of aromatic amines is 1. The van der Waals surface area contributed by atoms with E-state index in [-0.39, 0.29) is 0 Å². The van der Waals surface area contributed by atoms with Gasteiger partial charge in [-0.25, -0.2) is 4.98 Å². The van der Waals surface area contributed by atoms with E-state index >= 15 is 0 Å². The SMILES string of the molecule is C\C=C/C(=C\C=C\C)c1csc(-c2nn[nH]n2)n1. The Labute approximate surface area is 109 Å². The number of nitrogens with zero attached hydrogens (tertiary/aromatic N) is 4. The monoisotopic (exact) mass is 259 g/mol. The third-order valence-corrected chi connectivity index (χ3v) is 2.99. The molecule has 0 atom stereocenters. The third kappa shape index (κ3) is 2.78. The first-order valence-electron chi connectivity index (χ1n) is 5.50. The van der Waals surface area contributed by atoms with Crippen molar-refractivity contribution in [2.45, 2.75) is 13.8 Å². The van der Waals surface area contributed by atoms with E-state index in [9.17, 15) is 0 Å². The molecule has 0 bridgehead atoms. The molecule has 6 heteroatoms. The van der Waals surface area contributed by atoms with Crippen LogP contribution in [0.15, 0.2) is 35.8 Å². The number of nitrogens with one attached hydrogen (secondary N) is 1. The lowest BCUT2D eigenvalue weighted by Crippen LogP contribution is -1.83. The molecule has 0 radical (unpaired) electrons. The van der Waals surface area contributed by atoms with E-state index in [4.69, 9.17) is 0 Å². The van der Waals surface area contributed by atoms with Gasteiger partial charge in [0.05, 0.1) is 5.69 Å². The van der Waals surface area contributed by atoms with Crippen molar-refractivity contribution in [3.05, 3.63) is 41.5 Å². The van der Waals surface area contributed by atoms with Crippen LogP contribution in [-0.4, -0.2) is 25.6 Å². The fourth-order valence-electron chi connectivity index (χ4n) is 1.37. The molecule has 0 amide bonds. The Morgan fingerprint density at radius 2 is 2.22 bits per heavy atom. The van der Waals surface area contributed by atoms with Crippen LogP contribution >= 0.6 is 11.3 Å². The first kappa shape index (κ1) is 12.4. The van der Waals surface area contributed by atoms with Crippen LogP contribution < -0.4 is 0 Å². The zero-order valence-corrected chi connectivity index (χ0v) is 11.0. The lowest BCUT2D eigenvalue weighted by Gasteiger charge is -1.94. The number of hydrogen-bond acceptors (Lipinski definition) is 5. The van der Waals surface area contributed by atoms with Crippen molar-refractivity contribution in [3.63, 3.8) is 0 Å². The summed E-state index contributed by atoms with van der Waals surface area (Å²) in [6.45, 7) is 3.96. The summed E-state index contributed by atoms with van der Waals surface area (Å²) in [7, 11) is 0. The van der Waals surface area contributed by atoms with Crippen LogP contribution in [0.5, 0.6) is 0 Å². The van der Waals surface area contributed by atoms with Crippen LogP contribution in [0.2, 0.25) is 0 Å². The molecule has 0 unspecified atom stereocenters. The van der Waals surface area contributed by atoms with Gasteiger partial charge >= 0.3 is 0 Å². The van der Waals surface area contributed by atoms with E-state index in [0.717, 1.165) is 16.3 Å². The standard InChI is InChI=1S/C12H13N5S/c1-3-5-7-9(6-4-2)10-8-18-12(13-10)11-14-16-17-15-11/h3-8H,1-2H3,(H,14,15,16,17)/b5-3+,6-4-,9-7+. The van der Waals surface area contributed by atoms with Crippen molar-refractivity contribution in [1.82, 2.24) is 25.6 Å². The molecule has 0 saturated carbocycles. The summed E-state index contributed by atoms with van der Waals surface area (Å²) in [6.07, 6.45) is 10.0. The van der Waals surface area contributed by atoms with Crippen molar-refractivity contribution in [1.29, 1.82) is 0 Å². The number of aromatic nitrogens is 5. The van der Waals surface area contributed by atoms with Crippen molar-refractivity contribution in [3.8, 4) is 10.8 Å². The predicted molar refractivity (Wildman–Crippen MR) is 72.9 cm³/mol. The molecule has 2 aromatic heterocycles. The minimum absolute atomic E-state index is 0.525. The van der Waals surface area contributed by atoms with Gasteiger partial charge in [-0.2, -0.15) is 5.21 Å². The normalized spacial score (nSPS) is 12.9. The summed E-state index contributed by atoms with van der Waals surface area (Å²) in [4.78, 5) is 4.50. The number of rotatable bonds is 4. The zero-order valence-electron chi connectivity index (χ0n) is 10.2. The third-order valence-electron chi connectivity index (χ3n) is 2.15. The van der Waals surface area contributed by atoms with Gasteiger partial charge in [0.25, 0.3) is 0 Å². The molecule has 0 saturated heterocycles. The Hall–Kier alpha value is -2.08. The van der Waals surface area contributed by atoms with Crippen molar-refractivity contribution in [2.24, 2.45) is 0 Å². The Kier molecular flexibility index (Phi) is 4.14. The van der Waals surface area contributed by atoms with E-state index < -0.39 is 0 Å². The van der Waals surface area contributed by atoms with Gasteiger partial charge in [-0.15, -0.1) is 21.5 Å². The summed E-state index contributed by atoms with van der Waals surface area (Å²) in [5.41, 5.74) is 1.97. The lowest BCUT2D eigenvalue weighted by molar-refractivity contribution is 0.881. The van der Waals surface area contributed by atoms with Crippen LogP contribution in [0.25, 0.3) is 16.4 Å². The van der Waals surface area contributed by atoms with Gasteiger partial charge in [-0.05, 0) is 19.1 Å². The molecule has 2 heterocycles. The fourth-order valence-corrected chi connectivity index (χ4v) is 2.12. The second-order valence-electron chi connectivity index (χ2n) is 3.42. The van der Waals surface area contributed by atoms with E-state index in [1.807, 2.05) is 49.6 Å². The van der Waals surface area contributed by atoms with Crippen molar-refractivity contribution in [2.75, 3.05) is 0 Å². The summed E-state index contributed by atoms with van der Waals surface area (Å²) >= 11 is 1.50. The Morgan fingerprint density at radius 3 is 2.89 bits per heavy atom. The molecule has 1 N–H and O–H groups in total. The molecule has 0 spiro atoms. The minimum Gasteiger partial charge on any atom is -0.233 e. The maximum absolute atomic E-state index is 4.50. The van der Waals surface area contributed by atoms with E-state index in [2.05, 4.69) is 25.6 Å². The second-order valence-corrected chi connectivity index (χ2v) is 4.28. The molecule has 2 rings (SSSR count). The lowest BCUT2D eigenvalue weighted by atomic mass is 10.1. The average molecular weight is 259 g/mol. The average Bonchev–Trinajstić information content (AvgIpc) is 3.03. The summed E-state index contributed by atoms with van der Waals surface area (Å²) in [6, 6.07) is 0. The van der Waals surface area contributed by atoms with E-state index in [0.29, 0.717) is 5.82 Å². The maximum Gasteiger partial charge on any atom is 0.233 e. The van der Waals surface area contributed by atoms with Gasteiger partial charge in [0.15, 0.2) is 5.01 Å². The largest absolute Gasteiger partial charge is 0.233 e. The van der Waals surface area contributed by atoms with Gasteiger partial charge in [0.1, 0.15) is 0 Å². The van der Waals surface area contributed by atoms with Crippen molar-refractivity contribution >= 4 is 16.9 Å². The number of thiazole rings is 1. The first-order chi connectivity index (χ1) is 8.85. The second kappa shape index (κ2) is 6.02. The number of tetrazole rings is 1. The number of H-pyrrole nitrogens is 1. The van der Waals surface area contributed by atoms with Gasteiger partial charge in [0.2, 0.25) is 5.82 Å². The molecule has 5 nitrogen and oxygen atoms in total. The minimum atomic E-state index is 0.525. The van der Waals surface area contributed by atoms with E-state index in [1.54, 1.807) is 0 Å². The highest BCUT2D eigenvalue weighted by atomic mass is 32.1. The smallest absolute Gasteiger partial charge is 0.233 e. The molecule has 0 fully saturated rings. The molecule has 2 aromatic rings. The Morgan fingerprint density at radius 1 is 1.33 bits per heavy atom. The topological polar surface area (TPSA) is 67.3 Å². The highest BCUT2D eigenvalue weighted by Gasteiger charge is 2.09. The molecular weight excluding hydrogens is 246 g/mol. The van der Waals surface area contributed by atoms with Crippen LogP contribution in [0.1, 0.15) is 19.5 Å². The molecule has 0 aliphatic carbocycles. The summed E-state index contributed by atoms with van der Waals surface area (Å²) in [5, 5.41) is 16.5. The molecule has 0 aliphatic heterocycles. The fraction of sp³-hybridized carbons (Fsp3) is 0.167. The first-order valence-corrected chi connectivity index (χ1v) is 6.38. The van der Waals surface area contributed by atoms with Crippen LogP contribution in [-0.2, 0) is 0 Å². The van der Waals surface area contributed by atoms with Gasteiger partial charge in [-0.3, -0.25) is 0 Å². The molecule has 92 valence electrons. The highest BCUT2D eigenvalue weighted by Crippen LogP contribution is 2.24. The van der Waals surface area contributed by atoms with Crippen LogP contribution in [0.3, 0.4) is 0 Å². The van der Waals surface area contributed by atoms with Gasteiger partial charge < -0.3 is 0 Å². The molecule has 0 aliphatic rings. The quantitative estimate of drug-likeness (QED) is 0.857. The molecular formula is C12H13N5S. The number of hydrogen-bond donors (Lipinski definition) is 1. The summed E-state index contributed by atoms with van der Waals surface area (Å²) in [5.74, 6) is 0.525.